The summed E-state index contributed by atoms with van der Waals surface area (Å²) >= 11 is 0. The molecule has 0 bridgehead atoms. The van der Waals surface area contributed by atoms with Crippen LogP contribution < -0.4 is 5.32 Å². The Morgan fingerprint density at radius 2 is 1.09 bits per heavy atom. The van der Waals surface area contributed by atoms with Crippen molar-refractivity contribution in [3.05, 3.63) is 12.2 Å². The Morgan fingerprint density at radius 1 is 0.625 bits per heavy atom. The summed E-state index contributed by atoms with van der Waals surface area (Å²) in [6, 6.07) is 0.371. The van der Waals surface area contributed by atoms with Crippen molar-refractivity contribution in [2.45, 2.75) is 116 Å². The summed E-state index contributed by atoms with van der Waals surface area (Å²) < 4.78 is 10.8. The predicted octanol–water partition coefficient (Wildman–Crippen LogP) is 5.78. The molecule has 0 amide bonds. The minimum Gasteiger partial charge on any atom is -0.394 e. The lowest BCUT2D eigenvalue weighted by Gasteiger charge is -2.19. The second-order valence-electron chi connectivity index (χ2n) is 8.84. The molecular weight excluding hydrogens is 402 g/mol. The molecule has 0 fully saturated rings. The van der Waals surface area contributed by atoms with Gasteiger partial charge in [-0.15, -0.1) is 0 Å². The molecule has 0 spiro atoms. The Labute approximate surface area is 199 Å². The second kappa shape index (κ2) is 28.6. The van der Waals surface area contributed by atoms with Crippen molar-refractivity contribution in [1.29, 1.82) is 0 Å². The molecule has 5 heteroatoms. The van der Waals surface area contributed by atoms with Crippen LogP contribution in [-0.2, 0) is 9.47 Å². The smallest absolute Gasteiger partial charge is 0.0697 e. The molecule has 0 aliphatic rings. The molecule has 0 saturated heterocycles. The van der Waals surface area contributed by atoms with E-state index in [9.17, 15) is 0 Å². The first-order chi connectivity index (χ1) is 15.8. The van der Waals surface area contributed by atoms with E-state index in [1.807, 2.05) is 0 Å². The normalized spacial score (nSPS) is 11.9. The molecule has 0 aliphatic heterocycles. The van der Waals surface area contributed by atoms with Crippen LogP contribution in [0.1, 0.15) is 110 Å². The van der Waals surface area contributed by atoms with E-state index in [2.05, 4.69) is 24.4 Å². The van der Waals surface area contributed by atoms with Crippen molar-refractivity contribution in [2.24, 2.45) is 0 Å². The van der Waals surface area contributed by atoms with Gasteiger partial charge in [-0.25, -0.2) is 0 Å². The topological polar surface area (TPSA) is 71.0 Å². The third-order valence-electron chi connectivity index (χ3n) is 5.81. The molecule has 0 radical (unpaired) electrons. The quantitative estimate of drug-likeness (QED) is 0.108. The molecule has 0 aliphatic carbocycles. The molecule has 32 heavy (non-hydrogen) atoms. The number of aliphatic hydroxyl groups is 2. The van der Waals surface area contributed by atoms with Gasteiger partial charge in [0.2, 0.25) is 0 Å². The summed E-state index contributed by atoms with van der Waals surface area (Å²) in [4.78, 5) is 0. The minimum atomic E-state index is 0.0766. The number of rotatable bonds is 27. The Morgan fingerprint density at radius 3 is 1.59 bits per heavy atom. The van der Waals surface area contributed by atoms with Crippen LogP contribution in [0.25, 0.3) is 0 Å². The third kappa shape index (κ3) is 25.8. The third-order valence-corrected chi connectivity index (χ3v) is 5.81. The summed E-state index contributed by atoms with van der Waals surface area (Å²) in [5.74, 6) is 0. The van der Waals surface area contributed by atoms with Crippen LogP contribution in [-0.4, -0.2) is 62.4 Å². The highest BCUT2D eigenvalue weighted by atomic mass is 16.5. The first-order valence-corrected chi connectivity index (χ1v) is 13.6. The lowest BCUT2D eigenvalue weighted by Crippen LogP contribution is -2.32. The summed E-state index contributed by atoms with van der Waals surface area (Å²) in [6.07, 6.45) is 25.3. The van der Waals surface area contributed by atoms with Crippen LogP contribution in [0, 0.1) is 0 Å². The molecule has 0 atom stereocenters. The van der Waals surface area contributed by atoms with Gasteiger partial charge in [0.1, 0.15) is 0 Å². The number of hydrogen-bond acceptors (Lipinski definition) is 5. The number of hydrogen-bond donors (Lipinski definition) is 3. The molecule has 0 aromatic rings. The van der Waals surface area contributed by atoms with Gasteiger partial charge in [0.25, 0.3) is 0 Å². The SMILES string of the molecule is CCCCCCCCC=CCCCCCCCCNC(CCOCCO)CCOCCO. The van der Waals surface area contributed by atoms with E-state index >= 15 is 0 Å². The van der Waals surface area contributed by atoms with Crippen molar-refractivity contribution in [1.82, 2.24) is 5.32 Å². The fourth-order valence-corrected chi connectivity index (χ4v) is 3.81. The average molecular weight is 458 g/mol. The van der Waals surface area contributed by atoms with Gasteiger partial charge in [-0.05, 0) is 51.5 Å². The van der Waals surface area contributed by atoms with Crippen LogP contribution in [0.15, 0.2) is 12.2 Å². The van der Waals surface area contributed by atoms with E-state index < -0.39 is 0 Å². The van der Waals surface area contributed by atoms with Gasteiger partial charge in [0.05, 0.1) is 26.4 Å². The highest BCUT2D eigenvalue weighted by Gasteiger charge is 2.08. The highest BCUT2D eigenvalue weighted by molar-refractivity contribution is 4.81. The fourth-order valence-electron chi connectivity index (χ4n) is 3.81. The molecule has 5 nitrogen and oxygen atoms in total. The summed E-state index contributed by atoms with van der Waals surface area (Å²) in [5.41, 5.74) is 0. The van der Waals surface area contributed by atoms with Crippen molar-refractivity contribution in [3.63, 3.8) is 0 Å². The number of nitrogens with one attached hydrogen (secondary N) is 1. The van der Waals surface area contributed by atoms with Gasteiger partial charge in [-0.1, -0.05) is 76.9 Å². The van der Waals surface area contributed by atoms with Gasteiger partial charge in [0.15, 0.2) is 0 Å². The van der Waals surface area contributed by atoms with Crippen molar-refractivity contribution < 1.29 is 19.7 Å². The van der Waals surface area contributed by atoms with Gasteiger partial charge >= 0.3 is 0 Å². The molecule has 0 saturated carbocycles. The summed E-state index contributed by atoms with van der Waals surface area (Å²) in [6.45, 7) is 5.59. The van der Waals surface area contributed by atoms with E-state index in [-0.39, 0.29) is 13.2 Å². The van der Waals surface area contributed by atoms with Gasteiger partial charge < -0.3 is 25.0 Å². The Hall–Kier alpha value is -0.460. The number of ether oxygens (including phenoxy) is 2. The molecule has 0 unspecified atom stereocenters. The maximum absolute atomic E-state index is 8.81. The molecule has 0 aromatic carbocycles. The monoisotopic (exact) mass is 457 g/mol. The van der Waals surface area contributed by atoms with E-state index in [4.69, 9.17) is 19.7 Å². The Kier molecular flexibility index (Phi) is 28.2. The van der Waals surface area contributed by atoms with Crippen molar-refractivity contribution in [3.8, 4) is 0 Å². The second-order valence-corrected chi connectivity index (χ2v) is 8.84. The minimum absolute atomic E-state index is 0.0766. The Balaban J connectivity index is 3.51. The first kappa shape index (κ1) is 31.5. The summed E-state index contributed by atoms with van der Waals surface area (Å²) in [7, 11) is 0. The molecule has 0 aromatic heterocycles. The zero-order valence-corrected chi connectivity index (χ0v) is 21.2. The lowest BCUT2D eigenvalue weighted by molar-refractivity contribution is 0.0708. The maximum Gasteiger partial charge on any atom is 0.0697 e. The standard InChI is InChI=1S/C27H55NO4/c1-2-3-4-5-6-7-8-9-10-11-12-13-14-15-16-17-20-28-27(18-23-31-25-21-29)19-24-32-26-22-30/h9-10,27-30H,2-8,11-26H2,1H3. The van der Waals surface area contributed by atoms with Crippen LogP contribution in [0.2, 0.25) is 0 Å². The van der Waals surface area contributed by atoms with E-state index in [0.29, 0.717) is 32.5 Å². The molecule has 0 rings (SSSR count). The zero-order chi connectivity index (χ0) is 23.4. The fraction of sp³-hybridized carbons (Fsp3) is 0.926. The first-order valence-electron chi connectivity index (χ1n) is 13.6. The molecular formula is C27H55NO4. The van der Waals surface area contributed by atoms with Gasteiger partial charge in [0, 0.05) is 19.3 Å². The van der Waals surface area contributed by atoms with Crippen molar-refractivity contribution >= 4 is 0 Å². The van der Waals surface area contributed by atoms with Gasteiger partial charge in [-0.2, -0.15) is 0 Å². The van der Waals surface area contributed by atoms with Crippen LogP contribution >= 0.6 is 0 Å². The molecule has 3 N–H and O–H groups in total. The van der Waals surface area contributed by atoms with Crippen LogP contribution in [0.5, 0.6) is 0 Å². The zero-order valence-electron chi connectivity index (χ0n) is 21.2. The molecule has 192 valence electrons. The van der Waals surface area contributed by atoms with E-state index in [1.54, 1.807) is 0 Å². The van der Waals surface area contributed by atoms with Crippen molar-refractivity contribution in [2.75, 3.05) is 46.2 Å². The lowest BCUT2D eigenvalue weighted by atomic mass is 10.1. The van der Waals surface area contributed by atoms with Crippen LogP contribution in [0.4, 0.5) is 0 Å². The largest absolute Gasteiger partial charge is 0.394 e. The number of allylic oxidation sites excluding steroid dienone is 2. The summed E-state index contributed by atoms with van der Waals surface area (Å²) in [5, 5.41) is 21.2. The average Bonchev–Trinajstić information content (AvgIpc) is 2.81. The Bertz CT molecular complexity index is 354. The van der Waals surface area contributed by atoms with Gasteiger partial charge in [-0.3, -0.25) is 0 Å². The maximum atomic E-state index is 8.81. The predicted molar refractivity (Wildman–Crippen MR) is 136 cm³/mol. The number of aliphatic hydroxyl groups excluding tert-OH is 2. The number of unbranched alkanes of at least 4 members (excludes halogenated alkanes) is 12. The van der Waals surface area contributed by atoms with E-state index in [0.717, 1.165) is 19.4 Å². The highest BCUT2D eigenvalue weighted by Crippen LogP contribution is 2.10. The van der Waals surface area contributed by atoms with E-state index in [1.165, 1.54) is 89.9 Å². The molecule has 0 heterocycles. The van der Waals surface area contributed by atoms with Crippen LogP contribution in [0.3, 0.4) is 0 Å².